The number of nitrogens with one attached hydrogen (secondary N) is 1. The Morgan fingerprint density at radius 2 is 2.32 bits per heavy atom. The number of fused-ring (bicyclic) bond motifs is 1. The molecule has 132 valence electrons. The van der Waals surface area contributed by atoms with Crippen molar-refractivity contribution in [3.05, 3.63) is 38.9 Å². The summed E-state index contributed by atoms with van der Waals surface area (Å²) in [6.07, 6.45) is 2.67. The van der Waals surface area contributed by atoms with Gasteiger partial charge < -0.3 is 14.6 Å². The second-order valence-electron chi connectivity index (χ2n) is 5.88. The van der Waals surface area contributed by atoms with Gasteiger partial charge in [-0.05, 0) is 25.8 Å². The fourth-order valence-corrected chi connectivity index (χ4v) is 3.14. The van der Waals surface area contributed by atoms with Crippen LogP contribution in [0.4, 0.5) is 11.4 Å². The van der Waals surface area contributed by atoms with Gasteiger partial charge in [0.15, 0.2) is 0 Å². The van der Waals surface area contributed by atoms with Crippen molar-refractivity contribution < 1.29 is 14.5 Å². The highest BCUT2D eigenvalue weighted by Gasteiger charge is 2.30. The van der Waals surface area contributed by atoms with E-state index in [9.17, 15) is 19.7 Å². The molecule has 1 aromatic carbocycles. The Balaban J connectivity index is 2.02. The van der Waals surface area contributed by atoms with Gasteiger partial charge in [0.1, 0.15) is 5.69 Å². The standard InChI is InChI=1S/C16H18N4O5/c1-2-25-16(22)10-4-3-5-19(8-10)13-7-12-11(6-14(13)20(23)24)15(21)18-9-17-12/h6-7,9-10H,2-5,8H2,1H3,(H,17,18,21). The zero-order valence-electron chi connectivity index (χ0n) is 13.7. The number of carbonyl (C=O) groups is 1. The van der Waals surface area contributed by atoms with Gasteiger partial charge in [0.25, 0.3) is 11.2 Å². The minimum absolute atomic E-state index is 0.164. The van der Waals surface area contributed by atoms with E-state index < -0.39 is 10.5 Å². The van der Waals surface area contributed by atoms with Gasteiger partial charge in [-0.25, -0.2) is 4.98 Å². The number of piperidine rings is 1. The van der Waals surface area contributed by atoms with E-state index in [-0.39, 0.29) is 23.0 Å². The molecule has 0 radical (unpaired) electrons. The highest BCUT2D eigenvalue weighted by atomic mass is 16.6. The molecule has 9 heteroatoms. The quantitative estimate of drug-likeness (QED) is 0.507. The summed E-state index contributed by atoms with van der Waals surface area (Å²) in [5.41, 5.74) is 0.144. The number of anilines is 1. The molecular formula is C16H18N4O5. The van der Waals surface area contributed by atoms with Crippen molar-refractivity contribution in [2.75, 3.05) is 24.6 Å². The van der Waals surface area contributed by atoms with Crippen molar-refractivity contribution >= 4 is 28.2 Å². The predicted molar refractivity (Wildman–Crippen MR) is 90.6 cm³/mol. The number of aromatic nitrogens is 2. The summed E-state index contributed by atoms with van der Waals surface area (Å²) in [6.45, 7) is 2.98. The van der Waals surface area contributed by atoms with Crippen LogP contribution in [0.1, 0.15) is 19.8 Å². The average molecular weight is 346 g/mol. The van der Waals surface area contributed by atoms with Gasteiger partial charge in [-0.15, -0.1) is 0 Å². The van der Waals surface area contributed by atoms with Gasteiger partial charge in [0.05, 0.1) is 34.7 Å². The molecule has 1 aliphatic heterocycles. The number of nitro benzene ring substituents is 1. The molecule has 1 unspecified atom stereocenters. The third-order valence-electron chi connectivity index (χ3n) is 4.32. The first-order chi connectivity index (χ1) is 12.0. The van der Waals surface area contributed by atoms with Gasteiger partial charge in [0.2, 0.25) is 0 Å². The maximum atomic E-state index is 12.0. The number of ether oxygens (including phenoxy) is 1. The molecule has 1 fully saturated rings. The third kappa shape index (κ3) is 3.30. The van der Waals surface area contributed by atoms with Crippen molar-refractivity contribution in [3.8, 4) is 0 Å². The SMILES string of the molecule is CCOC(=O)C1CCCN(c2cc3nc[nH]c(=O)c3cc2[N+](=O)[O-])C1. The average Bonchev–Trinajstić information content (AvgIpc) is 2.61. The largest absolute Gasteiger partial charge is 0.466 e. The molecule has 0 saturated carbocycles. The first-order valence-corrected chi connectivity index (χ1v) is 8.08. The van der Waals surface area contributed by atoms with E-state index in [0.29, 0.717) is 37.3 Å². The number of hydrogen-bond acceptors (Lipinski definition) is 7. The van der Waals surface area contributed by atoms with E-state index in [4.69, 9.17) is 4.74 Å². The number of nitro groups is 1. The summed E-state index contributed by atoms with van der Waals surface area (Å²) in [5, 5.41) is 11.7. The van der Waals surface area contributed by atoms with Crippen LogP contribution < -0.4 is 10.5 Å². The molecule has 1 aliphatic rings. The topological polar surface area (TPSA) is 118 Å². The Morgan fingerprint density at radius 3 is 3.04 bits per heavy atom. The van der Waals surface area contributed by atoms with Crippen LogP contribution in [0.25, 0.3) is 10.9 Å². The van der Waals surface area contributed by atoms with Crippen LogP contribution in [0.3, 0.4) is 0 Å². The molecule has 0 amide bonds. The number of H-pyrrole nitrogens is 1. The van der Waals surface area contributed by atoms with Gasteiger partial charge in [-0.2, -0.15) is 0 Å². The fourth-order valence-electron chi connectivity index (χ4n) is 3.14. The summed E-state index contributed by atoms with van der Waals surface area (Å²) < 4.78 is 5.07. The summed E-state index contributed by atoms with van der Waals surface area (Å²) in [4.78, 5) is 43.1. The third-order valence-corrected chi connectivity index (χ3v) is 4.32. The number of rotatable bonds is 4. The Hall–Kier alpha value is -2.97. The number of benzene rings is 1. The van der Waals surface area contributed by atoms with Crippen LogP contribution in [0.15, 0.2) is 23.3 Å². The molecule has 0 bridgehead atoms. The number of hydrogen-bond donors (Lipinski definition) is 1. The highest BCUT2D eigenvalue weighted by Crippen LogP contribution is 2.34. The van der Waals surface area contributed by atoms with Gasteiger partial charge >= 0.3 is 5.97 Å². The van der Waals surface area contributed by atoms with E-state index >= 15 is 0 Å². The second kappa shape index (κ2) is 6.88. The molecule has 0 aliphatic carbocycles. The van der Waals surface area contributed by atoms with Crippen molar-refractivity contribution in [1.82, 2.24) is 9.97 Å². The molecule has 1 aromatic heterocycles. The first kappa shape index (κ1) is 16.9. The second-order valence-corrected chi connectivity index (χ2v) is 5.88. The van der Waals surface area contributed by atoms with Gasteiger partial charge in [-0.3, -0.25) is 19.7 Å². The monoisotopic (exact) mass is 346 g/mol. The van der Waals surface area contributed by atoms with E-state index in [2.05, 4.69) is 9.97 Å². The van der Waals surface area contributed by atoms with Crippen LogP contribution >= 0.6 is 0 Å². The maximum Gasteiger partial charge on any atom is 0.310 e. The molecule has 1 atom stereocenters. The Morgan fingerprint density at radius 1 is 1.52 bits per heavy atom. The lowest BCUT2D eigenvalue weighted by Gasteiger charge is -2.32. The number of esters is 1. The molecule has 3 rings (SSSR count). The van der Waals surface area contributed by atoms with Crippen LogP contribution in [-0.2, 0) is 9.53 Å². The number of carbonyl (C=O) groups excluding carboxylic acids is 1. The lowest BCUT2D eigenvalue weighted by molar-refractivity contribution is -0.384. The number of nitrogens with zero attached hydrogens (tertiary/aromatic N) is 3. The van der Waals surface area contributed by atoms with Gasteiger partial charge in [0, 0.05) is 19.2 Å². The molecule has 25 heavy (non-hydrogen) atoms. The van der Waals surface area contributed by atoms with Crippen molar-refractivity contribution in [3.63, 3.8) is 0 Å². The number of aromatic amines is 1. The lowest BCUT2D eigenvalue weighted by atomic mass is 9.97. The molecule has 1 saturated heterocycles. The van der Waals surface area contributed by atoms with Gasteiger partial charge in [-0.1, -0.05) is 0 Å². The highest BCUT2D eigenvalue weighted by molar-refractivity contribution is 5.87. The molecule has 2 heterocycles. The summed E-state index contributed by atoms with van der Waals surface area (Å²) in [5.74, 6) is -0.610. The molecule has 0 spiro atoms. The van der Waals surface area contributed by atoms with Crippen LogP contribution in [0, 0.1) is 16.0 Å². The van der Waals surface area contributed by atoms with E-state index in [1.165, 1.54) is 18.5 Å². The van der Waals surface area contributed by atoms with Crippen LogP contribution in [0.2, 0.25) is 0 Å². The van der Waals surface area contributed by atoms with Crippen LogP contribution in [-0.4, -0.2) is 40.6 Å². The van der Waals surface area contributed by atoms with Crippen molar-refractivity contribution in [2.24, 2.45) is 5.92 Å². The predicted octanol–water partition coefficient (Wildman–Crippen LogP) is 1.61. The minimum Gasteiger partial charge on any atom is -0.466 e. The van der Waals surface area contributed by atoms with E-state index in [1.807, 2.05) is 0 Å². The Kier molecular flexibility index (Phi) is 4.64. The summed E-state index contributed by atoms with van der Waals surface area (Å²) in [7, 11) is 0. The smallest absolute Gasteiger partial charge is 0.310 e. The Labute approximate surface area is 142 Å². The molecular weight excluding hydrogens is 328 g/mol. The maximum absolute atomic E-state index is 12.0. The minimum atomic E-state index is -0.519. The fraction of sp³-hybridized carbons (Fsp3) is 0.438. The van der Waals surface area contributed by atoms with E-state index in [1.54, 1.807) is 11.8 Å². The zero-order valence-corrected chi connectivity index (χ0v) is 13.7. The normalized spacial score (nSPS) is 17.5. The lowest BCUT2D eigenvalue weighted by Crippen LogP contribution is -2.39. The van der Waals surface area contributed by atoms with Crippen molar-refractivity contribution in [2.45, 2.75) is 19.8 Å². The molecule has 9 nitrogen and oxygen atoms in total. The summed E-state index contributed by atoms with van der Waals surface area (Å²) in [6, 6.07) is 2.78. The zero-order chi connectivity index (χ0) is 18.0. The summed E-state index contributed by atoms with van der Waals surface area (Å²) >= 11 is 0. The Bertz CT molecular complexity index is 878. The molecule has 1 N–H and O–H groups in total. The first-order valence-electron chi connectivity index (χ1n) is 8.08. The van der Waals surface area contributed by atoms with E-state index in [0.717, 1.165) is 6.42 Å². The van der Waals surface area contributed by atoms with Crippen molar-refractivity contribution in [1.29, 1.82) is 0 Å². The molecule has 2 aromatic rings. The van der Waals surface area contributed by atoms with Crippen LogP contribution in [0.5, 0.6) is 0 Å².